The number of hydrogen-bond acceptors (Lipinski definition) is 5. The number of carbonyl (C=O) groups is 3. The molecule has 7 heteroatoms. The van der Waals surface area contributed by atoms with Gasteiger partial charge in [0, 0.05) is 17.6 Å². The number of carbonyl (C=O) groups excluding carboxylic acids is 3. The number of benzene rings is 1. The van der Waals surface area contributed by atoms with Crippen LogP contribution in [-0.2, 0) is 16.0 Å². The maximum absolute atomic E-state index is 12.7. The standard InChI is InChI=1S/C19H23N3O4/c1-5-14-11(3)16(13-9-7-8-10-15(13)21-14)18(24)26-12(4)17(23)22-19(25)20-6-2/h7-10,12H,5-6H2,1-4H3,(H2,20,22,23,25)/t12-/m1/s1. The van der Waals surface area contributed by atoms with Crippen LogP contribution in [0.1, 0.15) is 42.4 Å². The highest BCUT2D eigenvalue weighted by Crippen LogP contribution is 2.24. The molecule has 0 aliphatic carbocycles. The molecule has 1 heterocycles. The molecule has 1 atom stereocenters. The van der Waals surface area contributed by atoms with E-state index in [-0.39, 0.29) is 0 Å². The molecule has 1 aromatic carbocycles. The third-order valence-corrected chi connectivity index (χ3v) is 4.00. The minimum Gasteiger partial charge on any atom is -0.449 e. The van der Waals surface area contributed by atoms with Crippen LogP contribution in [0.3, 0.4) is 0 Å². The number of nitrogens with one attached hydrogen (secondary N) is 2. The van der Waals surface area contributed by atoms with Crippen LogP contribution in [0.25, 0.3) is 10.9 Å². The Bertz CT molecular complexity index is 848. The van der Waals surface area contributed by atoms with E-state index in [4.69, 9.17) is 4.74 Å². The molecule has 0 bridgehead atoms. The first-order valence-electron chi connectivity index (χ1n) is 8.56. The van der Waals surface area contributed by atoms with E-state index in [9.17, 15) is 14.4 Å². The first-order valence-corrected chi connectivity index (χ1v) is 8.56. The molecule has 0 fully saturated rings. The third kappa shape index (κ3) is 4.17. The predicted octanol–water partition coefficient (Wildman–Crippen LogP) is 2.50. The van der Waals surface area contributed by atoms with Gasteiger partial charge < -0.3 is 10.1 Å². The van der Waals surface area contributed by atoms with Gasteiger partial charge in [0.15, 0.2) is 6.10 Å². The van der Waals surface area contributed by atoms with Crippen molar-refractivity contribution in [2.75, 3.05) is 6.54 Å². The van der Waals surface area contributed by atoms with Gasteiger partial charge in [0.1, 0.15) is 0 Å². The molecule has 7 nitrogen and oxygen atoms in total. The largest absolute Gasteiger partial charge is 0.449 e. The molecule has 0 unspecified atom stereocenters. The second-order valence-electron chi connectivity index (χ2n) is 5.83. The number of ether oxygens (including phenoxy) is 1. The van der Waals surface area contributed by atoms with E-state index in [1.807, 2.05) is 32.0 Å². The molecule has 0 saturated heterocycles. The van der Waals surface area contributed by atoms with Gasteiger partial charge >= 0.3 is 12.0 Å². The van der Waals surface area contributed by atoms with Crippen LogP contribution in [0.5, 0.6) is 0 Å². The number of para-hydroxylation sites is 1. The van der Waals surface area contributed by atoms with Crippen molar-refractivity contribution in [3.63, 3.8) is 0 Å². The number of imide groups is 1. The number of rotatable bonds is 5. The van der Waals surface area contributed by atoms with Crippen molar-refractivity contribution in [2.24, 2.45) is 0 Å². The van der Waals surface area contributed by atoms with Crippen LogP contribution in [-0.4, -0.2) is 35.5 Å². The van der Waals surface area contributed by atoms with Gasteiger partial charge in [-0.05, 0) is 38.8 Å². The van der Waals surface area contributed by atoms with E-state index in [2.05, 4.69) is 15.6 Å². The first kappa shape index (κ1) is 19.4. The average Bonchev–Trinajstić information content (AvgIpc) is 2.60. The number of esters is 1. The van der Waals surface area contributed by atoms with Gasteiger partial charge in [-0.1, -0.05) is 25.1 Å². The van der Waals surface area contributed by atoms with Gasteiger partial charge in [-0.25, -0.2) is 9.59 Å². The topological polar surface area (TPSA) is 97.4 Å². The van der Waals surface area contributed by atoms with E-state index in [0.29, 0.717) is 29.4 Å². The summed E-state index contributed by atoms with van der Waals surface area (Å²) in [6.07, 6.45) is -0.439. The zero-order chi connectivity index (χ0) is 19.3. The van der Waals surface area contributed by atoms with Crippen LogP contribution in [0.15, 0.2) is 24.3 Å². The summed E-state index contributed by atoms with van der Waals surface area (Å²) in [6, 6.07) is 6.67. The van der Waals surface area contributed by atoms with Gasteiger partial charge in [0.25, 0.3) is 5.91 Å². The lowest BCUT2D eigenvalue weighted by Crippen LogP contribution is -2.44. The zero-order valence-corrected chi connectivity index (χ0v) is 15.4. The molecule has 2 aromatic rings. The summed E-state index contributed by atoms with van der Waals surface area (Å²) in [5.74, 6) is -1.30. The second kappa shape index (κ2) is 8.42. The van der Waals surface area contributed by atoms with Crippen molar-refractivity contribution in [3.05, 3.63) is 41.1 Å². The minimum atomic E-state index is -1.11. The van der Waals surface area contributed by atoms with Gasteiger partial charge in [-0.3, -0.25) is 15.1 Å². The molecule has 0 radical (unpaired) electrons. The molecule has 3 amide bonds. The van der Waals surface area contributed by atoms with Gasteiger partial charge in [0.05, 0.1) is 11.1 Å². The fourth-order valence-electron chi connectivity index (χ4n) is 2.66. The number of aromatic nitrogens is 1. The summed E-state index contributed by atoms with van der Waals surface area (Å²) in [5, 5.41) is 5.25. The molecule has 0 aliphatic rings. The maximum Gasteiger partial charge on any atom is 0.339 e. The Morgan fingerprint density at radius 2 is 1.88 bits per heavy atom. The molecular formula is C19H23N3O4. The number of urea groups is 1. The highest BCUT2D eigenvalue weighted by Gasteiger charge is 2.24. The normalized spacial score (nSPS) is 11.7. The van der Waals surface area contributed by atoms with Gasteiger partial charge in [-0.2, -0.15) is 0 Å². The molecule has 138 valence electrons. The fourth-order valence-corrected chi connectivity index (χ4v) is 2.66. The number of pyridine rings is 1. The summed E-state index contributed by atoms with van der Waals surface area (Å²) in [5.41, 5.74) is 2.62. The highest BCUT2D eigenvalue weighted by atomic mass is 16.5. The Kier molecular flexibility index (Phi) is 6.27. The van der Waals surface area contributed by atoms with Crippen molar-refractivity contribution < 1.29 is 19.1 Å². The van der Waals surface area contributed by atoms with E-state index < -0.39 is 24.0 Å². The van der Waals surface area contributed by atoms with E-state index in [1.54, 1.807) is 13.0 Å². The Morgan fingerprint density at radius 1 is 1.19 bits per heavy atom. The Labute approximate surface area is 152 Å². The lowest BCUT2D eigenvalue weighted by molar-refractivity contribution is -0.127. The van der Waals surface area contributed by atoms with Crippen molar-refractivity contribution in [3.8, 4) is 0 Å². The molecular weight excluding hydrogens is 334 g/mol. The van der Waals surface area contributed by atoms with Crippen LogP contribution < -0.4 is 10.6 Å². The SMILES string of the molecule is CCNC(=O)NC(=O)[C@@H](C)OC(=O)c1c(C)c(CC)nc2ccccc12. The lowest BCUT2D eigenvalue weighted by Gasteiger charge is -2.16. The lowest BCUT2D eigenvalue weighted by atomic mass is 10.0. The maximum atomic E-state index is 12.7. The molecule has 2 rings (SSSR count). The number of amides is 3. The predicted molar refractivity (Wildman–Crippen MR) is 98.0 cm³/mol. The first-order chi connectivity index (χ1) is 12.4. The van der Waals surface area contributed by atoms with Crippen LogP contribution in [0.4, 0.5) is 4.79 Å². The summed E-state index contributed by atoms with van der Waals surface area (Å²) >= 11 is 0. The Hall–Kier alpha value is -2.96. The summed E-state index contributed by atoms with van der Waals surface area (Å²) in [6.45, 7) is 7.31. The summed E-state index contributed by atoms with van der Waals surface area (Å²) in [7, 11) is 0. The minimum absolute atomic E-state index is 0.384. The van der Waals surface area contributed by atoms with Gasteiger partial charge in [0.2, 0.25) is 0 Å². The molecule has 1 aromatic heterocycles. The summed E-state index contributed by atoms with van der Waals surface area (Å²) in [4.78, 5) is 40.8. The third-order valence-electron chi connectivity index (χ3n) is 4.00. The fraction of sp³-hybridized carbons (Fsp3) is 0.368. The zero-order valence-electron chi connectivity index (χ0n) is 15.4. The molecule has 0 spiro atoms. The highest BCUT2D eigenvalue weighted by molar-refractivity contribution is 6.06. The van der Waals surface area contributed by atoms with Crippen molar-refractivity contribution in [2.45, 2.75) is 40.2 Å². The second-order valence-corrected chi connectivity index (χ2v) is 5.83. The molecule has 2 N–H and O–H groups in total. The van der Waals surface area contributed by atoms with Crippen molar-refractivity contribution in [1.29, 1.82) is 0 Å². The molecule has 0 saturated carbocycles. The van der Waals surface area contributed by atoms with Crippen molar-refractivity contribution in [1.82, 2.24) is 15.6 Å². The van der Waals surface area contributed by atoms with Gasteiger partial charge in [-0.15, -0.1) is 0 Å². The molecule has 0 aliphatic heterocycles. The van der Waals surface area contributed by atoms with Crippen LogP contribution in [0.2, 0.25) is 0 Å². The number of aryl methyl sites for hydroxylation is 1. The average molecular weight is 357 g/mol. The Balaban J connectivity index is 2.28. The summed E-state index contributed by atoms with van der Waals surface area (Å²) < 4.78 is 5.31. The number of hydrogen-bond donors (Lipinski definition) is 2. The number of nitrogens with zero attached hydrogens (tertiary/aromatic N) is 1. The van der Waals surface area contributed by atoms with E-state index >= 15 is 0 Å². The van der Waals surface area contributed by atoms with E-state index in [1.165, 1.54) is 6.92 Å². The Morgan fingerprint density at radius 3 is 2.54 bits per heavy atom. The van der Waals surface area contributed by atoms with Crippen molar-refractivity contribution >= 4 is 28.8 Å². The van der Waals surface area contributed by atoms with E-state index in [0.717, 1.165) is 11.3 Å². The number of fused-ring (bicyclic) bond motifs is 1. The smallest absolute Gasteiger partial charge is 0.339 e. The van der Waals surface area contributed by atoms with Crippen LogP contribution in [0, 0.1) is 6.92 Å². The molecule has 26 heavy (non-hydrogen) atoms. The quantitative estimate of drug-likeness (QED) is 0.801. The monoisotopic (exact) mass is 357 g/mol. The van der Waals surface area contributed by atoms with Crippen LogP contribution >= 0.6 is 0 Å².